The third kappa shape index (κ3) is 4.08. The summed E-state index contributed by atoms with van der Waals surface area (Å²) in [6.45, 7) is 9.33. The lowest BCUT2D eigenvalue weighted by Crippen LogP contribution is -2.53. The minimum Gasteiger partial charge on any atom is -0.390 e. The summed E-state index contributed by atoms with van der Waals surface area (Å²) < 4.78 is 5.20. The van der Waals surface area contributed by atoms with Gasteiger partial charge >= 0.3 is 0 Å². The second kappa shape index (κ2) is 7.51. The van der Waals surface area contributed by atoms with Crippen LogP contribution in [0.5, 0.6) is 0 Å². The van der Waals surface area contributed by atoms with Crippen LogP contribution in [0.3, 0.4) is 0 Å². The van der Waals surface area contributed by atoms with E-state index in [0.717, 1.165) is 29.3 Å². The number of hydrogen-bond acceptors (Lipinski definition) is 7. The van der Waals surface area contributed by atoms with Crippen LogP contribution >= 0.6 is 0 Å². The number of aryl methyl sites for hydroxylation is 4. The maximum absolute atomic E-state index is 12.4. The summed E-state index contributed by atoms with van der Waals surface area (Å²) in [6.07, 6.45) is 0.0245. The van der Waals surface area contributed by atoms with E-state index < -0.39 is 6.10 Å². The number of nitrogens with one attached hydrogen (secondary N) is 1. The summed E-state index contributed by atoms with van der Waals surface area (Å²) in [4.78, 5) is 22.9. The van der Waals surface area contributed by atoms with Crippen molar-refractivity contribution in [2.45, 2.75) is 52.8 Å². The quantitative estimate of drug-likeness (QED) is 0.841. The van der Waals surface area contributed by atoms with Gasteiger partial charge in [-0.25, -0.2) is 9.97 Å². The number of piperidine rings is 1. The van der Waals surface area contributed by atoms with Gasteiger partial charge in [0.1, 0.15) is 17.3 Å². The molecule has 0 saturated carbocycles. The molecule has 1 saturated heterocycles. The lowest BCUT2D eigenvalue weighted by molar-refractivity contribution is 0.0346. The molecule has 1 amide bonds. The highest BCUT2D eigenvalue weighted by atomic mass is 16.5. The highest BCUT2D eigenvalue weighted by Crippen LogP contribution is 2.19. The van der Waals surface area contributed by atoms with Gasteiger partial charge in [0.2, 0.25) is 0 Å². The number of aliphatic hydroxyl groups excluding tert-OH is 1. The first kappa shape index (κ1) is 18.5. The Morgan fingerprint density at radius 1 is 1.35 bits per heavy atom. The van der Waals surface area contributed by atoms with Gasteiger partial charge in [0.25, 0.3) is 5.91 Å². The number of β-amino-alcohol motifs (C(OH)–C–C–N with tert-alkyl or cyclic N) is 1. The zero-order valence-electron chi connectivity index (χ0n) is 15.6. The zero-order chi connectivity index (χ0) is 18.8. The second-order valence-electron chi connectivity index (χ2n) is 6.92. The van der Waals surface area contributed by atoms with Crippen LogP contribution in [0.2, 0.25) is 0 Å². The molecule has 0 unspecified atom stereocenters. The van der Waals surface area contributed by atoms with E-state index in [1.165, 1.54) is 0 Å². The highest BCUT2D eigenvalue weighted by Gasteiger charge is 2.30. The van der Waals surface area contributed by atoms with Crippen LogP contribution < -0.4 is 5.32 Å². The number of nitrogens with zero attached hydrogens (tertiary/aromatic N) is 4. The molecule has 0 aliphatic carbocycles. The number of amides is 1. The van der Waals surface area contributed by atoms with Crippen molar-refractivity contribution in [1.29, 1.82) is 0 Å². The monoisotopic (exact) mass is 359 g/mol. The molecule has 0 aromatic carbocycles. The Labute approximate surface area is 152 Å². The second-order valence-corrected chi connectivity index (χ2v) is 6.92. The highest BCUT2D eigenvalue weighted by molar-refractivity contribution is 5.92. The molecule has 2 aromatic rings. The third-order valence-corrected chi connectivity index (χ3v) is 4.74. The number of rotatable bonds is 4. The van der Waals surface area contributed by atoms with Crippen molar-refractivity contribution in [3.05, 3.63) is 40.3 Å². The van der Waals surface area contributed by atoms with E-state index in [0.29, 0.717) is 31.0 Å². The fraction of sp³-hybridized carbons (Fsp3) is 0.556. The predicted octanol–water partition coefficient (Wildman–Crippen LogP) is 1.06. The van der Waals surface area contributed by atoms with E-state index in [1.54, 1.807) is 13.0 Å². The molecule has 2 atom stereocenters. The minimum absolute atomic E-state index is 0.276. The van der Waals surface area contributed by atoms with Crippen molar-refractivity contribution in [1.82, 2.24) is 25.3 Å². The summed E-state index contributed by atoms with van der Waals surface area (Å²) in [5.74, 6) is 1.09. The van der Waals surface area contributed by atoms with Crippen molar-refractivity contribution < 1.29 is 14.4 Å². The van der Waals surface area contributed by atoms with Gasteiger partial charge in [0.15, 0.2) is 0 Å². The van der Waals surface area contributed by atoms with E-state index in [-0.39, 0.29) is 11.9 Å². The number of likely N-dealkylation sites (tertiary alicyclic amines) is 1. The van der Waals surface area contributed by atoms with Crippen LogP contribution in [0.25, 0.3) is 0 Å². The molecule has 8 heteroatoms. The van der Waals surface area contributed by atoms with Gasteiger partial charge in [-0.3, -0.25) is 9.69 Å². The molecule has 0 bridgehead atoms. The van der Waals surface area contributed by atoms with Gasteiger partial charge in [-0.1, -0.05) is 5.16 Å². The smallest absolute Gasteiger partial charge is 0.270 e. The van der Waals surface area contributed by atoms with Gasteiger partial charge in [-0.2, -0.15) is 0 Å². The normalized spacial score (nSPS) is 21.0. The molecule has 3 rings (SSSR count). The summed E-state index contributed by atoms with van der Waals surface area (Å²) in [6, 6.07) is 1.36. The van der Waals surface area contributed by atoms with E-state index in [1.807, 2.05) is 20.8 Å². The first-order valence-electron chi connectivity index (χ1n) is 8.79. The molecule has 8 nitrogen and oxygen atoms in total. The summed E-state index contributed by atoms with van der Waals surface area (Å²) in [5, 5.41) is 17.4. The topological polar surface area (TPSA) is 104 Å². The molecule has 26 heavy (non-hydrogen) atoms. The fourth-order valence-corrected chi connectivity index (χ4v) is 3.34. The van der Waals surface area contributed by atoms with E-state index in [2.05, 4.69) is 25.3 Å². The first-order chi connectivity index (χ1) is 12.3. The number of aromatic nitrogens is 3. The minimum atomic E-state index is -0.641. The van der Waals surface area contributed by atoms with Crippen LogP contribution in [0.4, 0.5) is 0 Å². The molecular weight excluding hydrogens is 334 g/mol. The molecule has 2 aromatic heterocycles. The van der Waals surface area contributed by atoms with Crippen molar-refractivity contribution in [3.63, 3.8) is 0 Å². The van der Waals surface area contributed by atoms with Crippen LogP contribution in [0.1, 0.15) is 45.4 Å². The molecule has 140 valence electrons. The lowest BCUT2D eigenvalue weighted by Gasteiger charge is -2.36. The predicted molar refractivity (Wildman–Crippen MR) is 94.6 cm³/mol. The van der Waals surface area contributed by atoms with Gasteiger partial charge in [-0.05, 0) is 40.2 Å². The van der Waals surface area contributed by atoms with Crippen LogP contribution in [-0.4, -0.2) is 56.3 Å². The summed E-state index contributed by atoms with van der Waals surface area (Å²) >= 11 is 0. The van der Waals surface area contributed by atoms with Crippen molar-refractivity contribution >= 4 is 5.91 Å². The van der Waals surface area contributed by atoms with Crippen LogP contribution in [0.15, 0.2) is 10.6 Å². The Kier molecular flexibility index (Phi) is 5.33. The first-order valence-corrected chi connectivity index (χ1v) is 8.79. The molecule has 0 spiro atoms. The largest absolute Gasteiger partial charge is 0.390 e. The fourth-order valence-electron chi connectivity index (χ4n) is 3.34. The Balaban J connectivity index is 1.59. The maximum atomic E-state index is 12.4. The molecular formula is C18H25N5O3. The molecule has 1 fully saturated rings. The number of aliphatic hydroxyl groups is 1. The number of hydrogen-bond donors (Lipinski definition) is 2. The van der Waals surface area contributed by atoms with Gasteiger partial charge in [0, 0.05) is 30.9 Å². The van der Waals surface area contributed by atoms with E-state index in [9.17, 15) is 9.90 Å². The number of carbonyl (C=O) groups excluding carboxylic acids is 1. The van der Waals surface area contributed by atoms with Crippen LogP contribution in [-0.2, 0) is 6.54 Å². The van der Waals surface area contributed by atoms with Gasteiger partial charge < -0.3 is 14.9 Å². The average Bonchev–Trinajstić information content (AvgIpc) is 2.88. The Hall–Kier alpha value is -2.32. The van der Waals surface area contributed by atoms with Crippen molar-refractivity contribution in [2.75, 3.05) is 13.1 Å². The SMILES string of the molecule is Cc1cc(C(=O)N[C@H]2CCN(Cc3c(C)noc3C)C[C@@H]2O)nc(C)n1. The molecule has 1 aliphatic heterocycles. The molecule has 3 heterocycles. The molecule has 1 aliphatic rings. The summed E-state index contributed by atoms with van der Waals surface area (Å²) in [7, 11) is 0. The Morgan fingerprint density at radius 3 is 2.73 bits per heavy atom. The zero-order valence-corrected chi connectivity index (χ0v) is 15.6. The van der Waals surface area contributed by atoms with Crippen molar-refractivity contribution in [2.24, 2.45) is 0 Å². The van der Waals surface area contributed by atoms with Crippen molar-refractivity contribution in [3.8, 4) is 0 Å². The Bertz CT molecular complexity index is 764. The molecule has 0 radical (unpaired) electrons. The lowest BCUT2D eigenvalue weighted by atomic mass is 10.0. The summed E-state index contributed by atoms with van der Waals surface area (Å²) in [5.41, 5.74) is 3.02. The number of carbonyl (C=O) groups is 1. The van der Waals surface area contributed by atoms with Crippen LogP contribution in [0, 0.1) is 27.7 Å². The van der Waals surface area contributed by atoms with E-state index >= 15 is 0 Å². The maximum Gasteiger partial charge on any atom is 0.270 e. The van der Waals surface area contributed by atoms with Gasteiger partial charge in [-0.15, -0.1) is 0 Å². The molecule has 2 N–H and O–H groups in total. The third-order valence-electron chi connectivity index (χ3n) is 4.74. The van der Waals surface area contributed by atoms with E-state index in [4.69, 9.17) is 4.52 Å². The van der Waals surface area contributed by atoms with Gasteiger partial charge in [0.05, 0.1) is 17.8 Å². The standard InChI is InChI=1S/C18H25N5O3/c1-10-7-16(20-13(4)19-10)18(25)21-15-5-6-23(9-17(15)24)8-14-11(2)22-26-12(14)3/h7,15,17,24H,5-6,8-9H2,1-4H3,(H,21,25)/t15-,17-/m0/s1. The Morgan fingerprint density at radius 2 is 2.12 bits per heavy atom. The average molecular weight is 359 g/mol.